The lowest BCUT2D eigenvalue weighted by molar-refractivity contribution is -0.118. The summed E-state index contributed by atoms with van der Waals surface area (Å²) in [6, 6.07) is 4.64. The van der Waals surface area contributed by atoms with Crippen molar-refractivity contribution < 1.29 is 13.2 Å². The molecule has 0 bridgehead atoms. The van der Waals surface area contributed by atoms with Gasteiger partial charge in [0.05, 0.1) is 4.90 Å². The molecule has 7 heteroatoms. The summed E-state index contributed by atoms with van der Waals surface area (Å²) in [4.78, 5) is 12.2. The van der Waals surface area contributed by atoms with E-state index in [1.54, 1.807) is 6.07 Å². The van der Waals surface area contributed by atoms with E-state index in [0.717, 1.165) is 24.8 Å². The summed E-state index contributed by atoms with van der Waals surface area (Å²) in [6.45, 7) is 1.81. The molecule has 1 saturated carbocycles. The second-order valence-corrected chi connectivity index (χ2v) is 7.51. The number of hydrogen-bond acceptors (Lipinski definition) is 4. The first-order valence-electron chi connectivity index (χ1n) is 6.89. The van der Waals surface area contributed by atoms with Crippen LogP contribution in [0.2, 0.25) is 0 Å². The van der Waals surface area contributed by atoms with Crippen molar-refractivity contribution in [3.63, 3.8) is 0 Å². The number of carbonyl (C=O) groups excluding carboxylic acids is 1. The zero-order valence-corrected chi connectivity index (χ0v) is 13.1. The minimum Gasteiger partial charge on any atom is -0.326 e. The molecular weight excluding hydrogens is 290 g/mol. The van der Waals surface area contributed by atoms with Crippen LogP contribution in [0.15, 0.2) is 23.1 Å². The standard InChI is InChI=1S/C14H21N3O3S/c1-10-4-5-11(21(19,20)16-2)8-12(10)17-13(18)9-14(15)6-3-7-14/h4-5,8,16H,3,6-7,9,15H2,1-2H3,(H,17,18). The van der Waals surface area contributed by atoms with Crippen LogP contribution in [0.4, 0.5) is 5.69 Å². The fourth-order valence-corrected chi connectivity index (χ4v) is 3.10. The fourth-order valence-electron chi connectivity index (χ4n) is 2.34. The van der Waals surface area contributed by atoms with Gasteiger partial charge in [-0.25, -0.2) is 13.1 Å². The topological polar surface area (TPSA) is 101 Å². The number of anilines is 1. The Bertz CT molecular complexity index is 651. The average molecular weight is 311 g/mol. The summed E-state index contributed by atoms with van der Waals surface area (Å²) in [5.41, 5.74) is 6.96. The lowest BCUT2D eigenvalue weighted by Gasteiger charge is -2.37. The Balaban J connectivity index is 2.16. The van der Waals surface area contributed by atoms with Gasteiger partial charge in [0.1, 0.15) is 0 Å². The highest BCUT2D eigenvalue weighted by molar-refractivity contribution is 7.89. The van der Waals surface area contributed by atoms with Crippen molar-refractivity contribution in [2.24, 2.45) is 5.73 Å². The smallest absolute Gasteiger partial charge is 0.240 e. The number of nitrogens with one attached hydrogen (secondary N) is 2. The van der Waals surface area contributed by atoms with Crippen LogP contribution in [0.5, 0.6) is 0 Å². The van der Waals surface area contributed by atoms with Gasteiger partial charge in [0.15, 0.2) is 0 Å². The van der Waals surface area contributed by atoms with E-state index < -0.39 is 15.6 Å². The predicted octanol–water partition coefficient (Wildman–Crippen LogP) is 1.11. The van der Waals surface area contributed by atoms with Crippen molar-refractivity contribution in [2.75, 3.05) is 12.4 Å². The van der Waals surface area contributed by atoms with E-state index in [-0.39, 0.29) is 17.2 Å². The fraction of sp³-hybridized carbons (Fsp3) is 0.500. The maximum atomic E-state index is 12.0. The number of rotatable bonds is 5. The Hall–Kier alpha value is -1.44. The Kier molecular flexibility index (Phi) is 4.36. The van der Waals surface area contributed by atoms with Crippen LogP contribution < -0.4 is 15.8 Å². The summed E-state index contributed by atoms with van der Waals surface area (Å²) in [6.07, 6.45) is 3.02. The van der Waals surface area contributed by atoms with Gasteiger partial charge in [-0.3, -0.25) is 4.79 Å². The van der Waals surface area contributed by atoms with Gasteiger partial charge in [-0.15, -0.1) is 0 Å². The summed E-state index contributed by atoms with van der Waals surface area (Å²) < 4.78 is 25.8. The van der Waals surface area contributed by atoms with Crippen LogP contribution in [0.25, 0.3) is 0 Å². The normalized spacial score (nSPS) is 17.1. The number of aryl methyl sites for hydroxylation is 1. The molecule has 1 amide bonds. The molecule has 21 heavy (non-hydrogen) atoms. The zero-order chi connectivity index (χ0) is 15.7. The predicted molar refractivity (Wildman–Crippen MR) is 81.4 cm³/mol. The first-order valence-corrected chi connectivity index (χ1v) is 8.37. The Morgan fingerprint density at radius 1 is 1.38 bits per heavy atom. The molecule has 1 aromatic carbocycles. The summed E-state index contributed by atoms with van der Waals surface area (Å²) in [5.74, 6) is -0.181. The number of benzene rings is 1. The SMILES string of the molecule is CNS(=O)(=O)c1ccc(C)c(NC(=O)CC2(N)CCC2)c1. The van der Waals surface area contributed by atoms with Gasteiger partial charge >= 0.3 is 0 Å². The van der Waals surface area contributed by atoms with Gasteiger partial charge in [0.25, 0.3) is 0 Å². The van der Waals surface area contributed by atoms with Gasteiger partial charge in [0.2, 0.25) is 15.9 Å². The van der Waals surface area contributed by atoms with Crippen LogP contribution in [0.3, 0.4) is 0 Å². The average Bonchev–Trinajstić information content (AvgIpc) is 2.39. The molecular formula is C14H21N3O3S. The largest absolute Gasteiger partial charge is 0.326 e. The molecule has 1 aliphatic rings. The highest BCUT2D eigenvalue weighted by Gasteiger charge is 2.34. The van der Waals surface area contributed by atoms with E-state index in [4.69, 9.17) is 5.73 Å². The van der Waals surface area contributed by atoms with E-state index in [0.29, 0.717) is 5.69 Å². The lowest BCUT2D eigenvalue weighted by Crippen LogP contribution is -2.48. The lowest BCUT2D eigenvalue weighted by atomic mass is 9.75. The molecule has 0 radical (unpaired) electrons. The van der Waals surface area contributed by atoms with Crippen LogP contribution in [-0.4, -0.2) is 26.9 Å². The third-order valence-electron chi connectivity index (χ3n) is 3.92. The number of amides is 1. The molecule has 116 valence electrons. The summed E-state index contributed by atoms with van der Waals surface area (Å²) in [5, 5.41) is 2.76. The molecule has 0 unspecified atom stereocenters. The maximum Gasteiger partial charge on any atom is 0.240 e. The van der Waals surface area contributed by atoms with E-state index in [2.05, 4.69) is 10.0 Å². The molecule has 0 spiro atoms. The molecule has 1 aliphatic carbocycles. The molecule has 1 aromatic rings. The third-order valence-corrected chi connectivity index (χ3v) is 5.34. The van der Waals surface area contributed by atoms with E-state index in [9.17, 15) is 13.2 Å². The van der Waals surface area contributed by atoms with Crippen LogP contribution in [0, 0.1) is 6.92 Å². The van der Waals surface area contributed by atoms with Crippen molar-refractivity contribution >= 4 is 21.6 Å². The minimum absolute atomic E-state index is 0.122. The highest BCUT2D eigenvalue weighted by atomic mass is 32.2. The van der Waals surface area contributed by atoms with Crippen molar-refractivity contribution in [2.45, 2.75) is 43.0 Å². The minimum atomic E-state index is -3.53. The zero-order valence-electron chi connectivity index (χ0n) is 12.3. The number of hydrogen-bond donors (Lipinski definition) is 3. The first kappa shape index (κ1) is 15.9. The van der Waals surface area contributed by atoms with Crippen LogP contribution in [0.1, 0.15) is 31.2 Å². The monoisotopic (exact) mass is 311 g/mol. The molecule has 0 atom stereocenters. The quantitative estimate of drug-likeness (QED) is 0.758. The number of sulfonamides is 1. The van der Waals surface area contributed by atoms with Gasteiger partial charge in [-0.2, -0.15) is 0 Å². The first-order chi connectivity index (χ1) is 9.76. The molecule has 0 saturated heterocycles. The van der Waals surface area contributed by atoms with Gasteiger partial charge in [0, 0.05) is 17.6 Å². The summed E-state index contributed by atoms with van der Waals surface area (Å²) in [7, 11) is -2.18. The van der Waals surface area contributed by atoms with Crippen LogP contribution >= 0.6 is 0 Å². The van der Waals surface area contributed by atoms with Crippen molar-refractivity contribution in [1.29, 1.82) is 0 Å². The molecule has 0 aromatic heterocycles. The van der Waals surface area contributed by atoms with Crippen molar-refractivity contribution in [3.05, 3.63) is 23.8 Å². The van der Waals surface area contributed by atoms with Crippen LogP contribution in [-0.2, 0) is 14.8 Å². The Morgan fingerprint density at radius 2 is 2.05 bits per heavy atom. The molecule has 6 nitrogen and oxygen atoms in total. The maximum absolute atomic E-state index is 12.0. The molecule has 1 fully saturated rings. The number of carbonyl (C=O) groups is 1. The molecule has 0 aliphatic heterocycles. The van der Waals surface area contributed by atoms with E-state index >= 15 is 0 Å². The van der Waals surface area contributed by atoms with E-state index in [1.165, 1.54) is 19.2 Å². The van der Waals surface area contributed by atoms with Gasteiger partial charge in [-0.05, 0) is 50.9 Å². The molecule has 4 N–H and O–H groups in total. The molecule has 2 rings (SSSR count). The molecule has 0 heterocycles. The van der Waals surface area contributed by atoms with E-state index in [1.807, 2.05) is 6.92 Å². The van der Waals surface area contributed by atoms with Crippen molar-refractivity contribution in [3.8, 4) is 0 Å². The second kappa shape index (κ2) is 5.75. The highest BCUT2D eigenvalue weighted by Crippen LogP contribution is 2.32. The Labute approximate surface area is 125 Å². The Morgan fingerprint density at radius 3 is 2.57 bits per heavy atom. The van der Waals surface area contributed by atoms with Gasteiger partial charge in [-0.1, -0.05) is 6.07 Å². The van der Waals surface area contributed by atoms with Crippen molar-refractivity contribution in [1.82, 2.24) is 4.72 Å². The third kappa shape index (κ3) is 3.61. The van der Waals surface area contributed by atoms with Gasteiger partial charge < -0.3 is 11.1 Å². The second-order valence-electron chi connectivity index (χ2n) is 5.63. The summed E-state index contributed by atoms with van der Waals surface area (Å²) >= 11 is 0. The number of nitrogens with two attached hydrogens (primary N) is 1.